The van der Waals surface area contributed by atoms with E-state index in [0.29, 0.717) is 0 Å². The number of hydrogen-bond donors (Lipinski definition) is 2. The number of aliphatic hydroxyl groups is 1. The van der Waals surface area contributed by atoms with Crippen LogP contribution in [0.5, 0.6) is 0 Å². The number of hydrogen-bond acceptors (Lipinski definition) is 2. The molecule has 25 heavy (non-hydrogen) atoms. The quantitative estimate of drug-likeness (QED) is 0.821. The lowest BCUT2D eigenvalue weighted by molar-refractivity contribution is -0.144. The molecule has 134 valence electrons. The fourth-order valence-corrected chi connectivity index (χ4v) is 2.29. The Hall–Kier alpha value is -2.55. The van der Waals surface area contributed by atoms with Crippen LogP contribution in [-0.4, -0.2) is 11.0 Å². The normalized spacial score (nSPS) is 14.8. The van der Waals surface area contributed by atoms with Crippen LogP contribution in [0.3, 0.4) is 0 Å². The van der Waals surface area contributed by atoms with Gasteiger partial charge in [-0.15, -0.1) is 0 Å². The molecule has 2 aromatic carbocycles. The summed E-state index contributed by atoms with van der Waals surface area (Å²) in [4.78, 5) is 11.8. The predicted octanol–water partition coefficient (Wildman–Crippen LogP) is 3.45. The summed E-state index contributed by atoms with van der Waals surface area (Å²) in [5.41, 5.74) is -2.25. The summed E-state index contributed by atoms with van der Waals surface area (Å²) in [6.45, 7) is 0. The van der Waals surface area contributed by atoms with Gasteiger partial charge in [0.05, 0.1) is 11.1 Å². The van der Waals surface area contributed by atoms with Crippen LogP contribution in [0.4, 0.5) is 26.3 Å². The molecule has 0 spiro atoms. The SMILES string of the molecule is NC(=O)C(O)(c1ccccc1)c1cc(C(F)(F)F)cc(C(F)(F)F)c1. The molecule has 1 unspecified atom stereocenters. The second-order valence-corrected chi connectivity index (χ2v) is 5.24. The van der Waals surface area contributed by atoms with Gasteiger partial charge in [-0.25, -0.2) is 0 Å². The summed E-state index contributed by atoms with van der Waals surface area (Å²) < 4.78 is 77.8. The first kappa shape index (κ1) is 18.8. The second-order valence-electron chi connectivity index (χ2n) is 5.24. The average molecular weight is 363 g/mol. The molecular weight excluding hydrogens is 352 g/mol. The standard InChI is InChI=1S/C16H11F6NO2/c17-15(18,19)11-6-10(7-12(8-11)16(20,21)22)14(25,13(23)24)9-4-2-1-3-5-9/h1-8,25H,(H2,23,24). The number of rotatable bonds is 3. The molecule has 0 aromatic heterocycles. The molecule has 1 amide bonds. The molecule has 3 N–H and O–H groups in total. The van der Waals surface area contributed by atoms with E-state index in [0.717, 1.165) is 12.1 Å². The van der Waals surface area contributed by atoms with Crippen molar-refractivity contribution in [3.05, 3.63) is 70.8 Å². The van der Waals surface area contributed by atoms with Crippen molar-refractivity contribution in [2.24, 2.45) is 5.73 Å². The Bertz CT molecular complexity index is 753. The van der Waals surface area contributed by atoms with Crippen LogP contribution >= 0.6 is 0 Å². The number of benzene rings is 2. The Kier molecular flexibility index (Phi) is 4.56. The van der Waals surface area contributed by atoms with Gasteiger partial charge >= 0.3 is 12.4 Å². The average Bonchev–Trinajstić information content (AvgIpc) is 2.52. The monoisotopic (exact) mass is 363 g/mol. The van der Waals surface area contributed by atoms with E-state index in [1.165, 1.54) is 18.2 Å². The summed E-state index contributed by atoms with van der Waals surface area (Å²) in [5.74, 6) is -1.51. The van der Waals surface area contributed by atoms with Crippen molar-refractivity contribution in [3.8, 4) is 0 Å². The number of nitrogens with two attached hydrogens (primary N) is 1. The van der Waals surface area contributed by atoms with Crippen LogP contribution in [0, 0.1) is 0 Å². The molecule has 2 rings (SSSR count). The van der Waals surface area contributed by atoms with E-state index in [1.807, 2.05) is 0 Å². The zero-order valence-electron chi connectivity index (χ0n) is 12.3. The minimum absolute atomic E-state index is 0.101. The zero-order valence-corrected chi connectivity index (χ0v) is 12.3. The van der Waals surface area contributed by atoms with Gasteiger partial charge in [0.15, 0.2) is 5.60 Å². The molecule has 1 atom stereocenters. The number of primary amides is 1. The molecule has 0 bridgehead atoms. The Morgan fingerprint density at radius 2 is 1.16 bits per heavy atom. The molecule has 0 heterocycles. The first-order valence-electron chi connectivity index (χ1n) is 6.74. The van der Waals surface area contributed by atoms with Gasteiger partial charge in [0.2, 0.25) is 0 Å². The third-order valence-electron chi connectivity index (χ3n) is 3.55. The van der Waals surface area contributed by atoms with Gasteiger partial charge in [-0.05, 0) is 29.3 Å². The number of carbonyl (C=O) groups is 1. The van der Waals surface area contributed by atoms with E-state index in [9.17, 15) is 36.2 Å². The molecule has 0 aliphatic carbocycles. The maximum Gasteiger partial charge on any atom is 0.416 e. The lowest BCUT2D eigenvalue weighted by atomic mass is 9.84. The molecule has 0 radical (unpaired) electrons. The van der Waals surface area contributed by atoms with Crippen LogP contribution in [0.2, 0.25) is 0 Å². The largest absolute Gasteiger partial charge is 0.416 e. The lowest BCUT2D eigenvalue weighted by Crippen LogP contribution is -2.42. The smallest absolute Gasteiger partial charge is 0.372 e. The fraction of sp³-hybridized carbons (Fsp3) is 0.188. The van der Waals surface area contributed by atoms with Gasteiger partial charge in [0.25, 0.3) is 5.91 Å². The van der Waals surface area contributed by atoms with Gasteiger partial charge in [-0.1, -0.05) is 30.3 Å². The van der Waals surface area contributed by atoms with Crippen LogP contribution < -0.4 is 5.73 Å². The fourth-order valence-electron chi connectivity index (χ4n) is 2.29. The summed E-state index contributed by atoms with van der Waals surface area (Å²) in [5, 5.41) is 10.6. The molecule has 2 aromatic rings. The van der Waals surface area contributed by atoms with E-state index in [4.69, 9.17) is 5.73 Å². The van der Waals surface area contributed by atoms with Crippen LogP contribution in [-0.2, 0) is 22.7 Å². The predicted molar refractivity (Wildman–Crippen MR) is 75.1 cm³/mol. The number of alkyl halides is 6. The third-order valence-corrected chi connectivity index (χ3v) is 3.55. The van der Waals surface area contributed by atoms with Gasteiger partial charge < -0.3 is 10.8 Å². The molecule has 0 saturated heterocycles. The topological polar surface area (TPSA) is 63.3 Å². The summed E-state index contributed by atoms with van der Waals surface area (Å²) >= 11 is 0. The highest BCUT2D eigenvalue weighted by Gasteiger charge is 2.43. The zero-order chi connectivity index (χ0) is 19.0. The van der Waals surface area contributed by atoms with Crippen molar-refractivity contribution in [3.63, 3.8) is 0 Å². The minimum Gasteiger partial charge on any atom is -0.372 e. The van der Waals surface area contributed by atoms with Crippen molar-refractivity contribution >= 4 is 5.91 Å². The summed E-state index contributed by atoms with van der Waals surface area (Å²) in [6, 6.07) is 6.95. The van der Waals surface area contributed by atoms with Crippen molar-refractivity contribution in [2.45, 2.75) is 18.0 Å². The molecule has 0 saturated carbocycles. The molecular formula is C16H11F6NO2. The maximum absolute atomic E-state index is 13.0. The summed E-state index contributed by atoms with van der Waals surface area (Å²) in [6.07, 6.45) is -10.2. The van der Waals surface area contributed by atoms with Crippen LogP contribution in [0.25, 0.3) is 0 Å². The van der Waals surface area contributed by atoms with Gasteiger partial charge in [0, 0.05) is 0 Å². The Morgan fingerprint density at radius 1 is 0.760 bits per heavy atom. The van der Waals surface area contributed by atoms with Gasteiger partial charge in [0.1, 0.15) is 0 Å². The Balaban J connectivity index is 2.81. The molecule has 0 aliphatic heterocycles. The lowest BCUT2D eigenvalue weighted by Gasteiger charge is -2.27. The van der Waals surface area contributed by atoms with Crippen molar-refractivity contribution < 1.29 is 36.2 Å². The second kappa shape index (κ2) is 6.07. The third kappa shape index (κ3) is 3.60. The Morgan fingerprint density at radius 3 is 1.52 bits per heavy atom. The molecule has 0 fully saturated rings. The summed E-state index contributed by atoms with van der Waals surface area (Å²) in [7, 11) is 0. The van der Waals surface area contributed by atoms with E-state index < -0.39 is 40.6 Å². The van der Waals surface area contributed by atoms with E-state index in [2.05, 4.69) is 0 Å². The minimum atomic E-state index is -5.12. The first-order chi connectivity index (χ1) is 11.4. The van der Waals surface area contributed by atoms with Crippen molar-refractivity contribution in [2.75, 3.05) is 0 Å². The van der Waals surface area contributed by atoms with Crippen LogP contribution in [0.15, 0.2) is 48.5 Å². The first-order valence-corrected chi connectivity index (χ1v) is 6.74. The van der Waals surface area contributed by atoms with Gasteiger partial charge in [-0.2, -0.15) is 26.3 Å². The number of carbonyl (C=O) groups excluding carboxylic acids is 1. The number of halogens is 6. The van der Waals surface area contributed by atoms with Crippen LogP contribution in [0.1, 0.15) is 22.3 Å². The number of amides is 1. The highest BCUT2D eigenvalue weighted by molar-refractivity contribution is 5.88. The molecule has 0 aliphatic rings. The van der Waals surface area contributed by atoms with Crippen molar-refractivity contribution in [1.82, 2.24) is 0 Å². The highest BCUT2D eigenvalue weighted by atomic mass is 19.4. The van der Waals surface area contributed by atoms with E-state index >= 15 is 0 Å². The molecule has 9 heteroatoms. The van der Waals surface area contributed by atoms with E-state index in [-0.39, 0.29) is 23.8 Å². The van der Waals surface area contributed by atoms with E-state index in [1.54, 1.807) is 0 Å². The Labute approximate surface area is 137 Å². The molecule has 3 nitrogen and oxygen atoms in total. The van der Waals surface area contributed by atoms with Gasteiger partial charge in [-0.3, -0.25) is 4.79 Å². The maximum atomic E-state index is 13.0. The van der Waals surface area contributed by atoms with Crippen molar-refractivity contribution in [1.29, 1.82) is 0 Å². The highest BCUT2D eigenvalue weighted by Crippen LogP contribution is 2.40.